The topological polar surface area (TPSA) is 107 Å². The van der Waals surface area contributed by atoms with Gasteiger partial charge in [-0.3, -0.25) is 4.79 Å². The smallest absolute Gasteiger partial charge is 0.189 e. The van der Waals surface area contributed by atoms with Crippen LogP contribution >= 0.6 is 0 Å². The average Bonchev–Trinajstić information content (AvgIpc) is 2.47. The molecule has 0 aliphatic heterocycles. The van der Waals surface area contributed by atoms with Crippen LogP contribution in [0.1, 0.15) is 15.9 Å². The summed E-state index contributed by atoms with van der Waals surface area (Å²) >= 11 is 0. The van der Waals surface area contributed by atoms with Gasteiger partial charge in [-0.2, -0.15) is 0 Å². The van der Waals surface area contributed by atoms with E-state index in [9.17, 15) is 25.2 Å². The molecule has 22 heavy (non-hydrogen) atoms. The Balaban J connectivity index is 2.32. The van der Waals surface area contributed by atoms with Crippen LogP contribution in [0.15, 0.2) is 36.4 Å². The minimum absolute atomic E-state index is 0.0241. The van der Waals surface area contributed by atoms with Crippen molar-refractivity contribution >= 4 is 11.9 Å². The summed E-state index contributed by atoms with van der Waals surface area (Å²) in [5.41, 5.74) is 0.403. The normalized spacial score (nSPS) is 10.8. The van der Waals surface area contributed by atoms with E-state index in [0.29, 0.717) is 5.56 Å². The van der Waals surface area contributed by atoms with E-state index in [2.05, 4.69) is 0 Å². The number of carbonyl (C=O) groups is 1. The molecular formula is C16H14O6. The van der Waals surface area contributed by atoms with E-state index in [1.165, 1.54) is 43.5 Å². The Hall–Kier alpha value is -3.15. The highest BCUT2D eigenvalue weighted by Gasteiger charge is 2.11. The number of ether oxygens (including phenoxy) is 1. The third kappa shape index (κ3) is 3.12. The molecule has 0 bridgehead atoms. The van der Waals surface area contributed by atoms with Crippen LogP contribution in [0.3, 0.4) is 0 Å². The largest absolute Gasteiger partial charge is 0.508 e. The fourth-order valence-corrected chi connectivity index (χ4v) is 1.86. The van der Waals surface area contributed by atoms with Gasteiger partial charge in [0.25, 0.3) is 0 Å². The minimum Gasteiger partial charge on any atom is -0.508 e. The molecule has 0 saturated heterocycles. The van der Waals surface area contributed by atoms with Crippen molar-refractivity contribution in [1.82, 2.24) is 0 Å². The molecule has 0 heterocycles. The summed E-state index contributed by atoms with van der Waals surface area (Å²) < 4.78 is 5.04. The molecule has 0 spiro atoms. The Bertz CT molecular complexity index is 749. The lowest BCUT2D eigenvalue weighted by molar-refractivity contribution is 0.104. The molecular weight excluding hydrogens is 288 g/mol. The molecule has 6 heteroatoms. The lowest BCUT2D eigenvalue weighted by atomic mass is 10.1. The molecule has 2 rings (SSSR count). The number of phenolic OH excluding ortho intramolecular Hbond substituents is 4. The summed E-state index contributed by atoms with van der Waals surface area (Å²) in [4.78, 5) is 12.0. The Morgan fingerprint density at radius 2 is 1.68 bits per heavy atom. The summed E-state index contributed by atoms with van der Waals surface area (Å²) in [5.74, 6) is -1.39. The van der Waals surface area contributed by atoms with Gasteiger partial charge in [-0.15, -0.1) is 0 Å². The maximum Gasteiger partial charge on any atom is 0.189 e. The van der Waals surface area contributed by atoms with Crippen LogP contribution < -0.4 is 4.74 Å². The minimum atomic E-state index is -0.493. The van der Waals surface area contributed by atoms with Gasteiger partial charge in [0.05, 0.1) is 12.7 Å². The Labute approximate surface area is 126 Å². The maximum absolute atomic E-state index is 12.0. The molecule has 0 aromatic heterocycles. The Morgan fingerprint density at radius 1 is 1.00 bits per heavy atom. The molecule has 0 unspecified atom stereocenters. The van der Waals surface area contributed by atoms with Crippen molar-refractivity contribution in [3.8, 4) is 28.7 Å². The molecule has 0 saturated carbocycles. The van der Waals surface area contributed by atoms with Gasteiger partial charge in [-0.25, -0.2) is 0 Å². The van der Waals surface area contributed by atoms with Crippen LogP contribution in [0.25, 0.3) is 6.08 Å². The first-order chi connectivity index (χ1) is 10.4. The highest BCUT2D eigenvalue weighted by Crippen LogP contribution is 2.33. The zero-order valence-corrected chi connectivity index (χ0v) is 11.6. The molecule has 114 valence electrons. The van der Waals surface area contributed by atoms with E-state index in [1.807, 2.05) is 0 Å². The number of hydrogen-bond donors (Lipinski definition) is 4. The second-order valence-corrected chi connectivity index (χ2v) is 4.48. The summed E-state index contributed by atoms with van der Waals surface area (Å²) in [5, 5.41) is 37.7. The predicted molar refractivity (Wildman–Crippen MR) is 79.5 cm³/mol. The number of carbonyl (C=O) groups excluding carboxylic acids is 1. The molecule has 2 aromatic rings. The SMILES string of the molecule is COc1cc(O)c(O)cc1C=CC(=O)c1ccc(O)cc1O. The van der Waals surface area contributed by atoms with E-state index in [0.717, 1.165) is 6.07 Å². The number of allylic oxidation sites excluding steroid dienone is 1. The van der Waals surface area contributed by atoms with Crippen LogP contribution in [0.4, 0.5) is 0 Å². The lowest BCUT2D eigenvalue weighted by Crippen LogP contribution is -1.95. The zero-order chi connectivity index (χ0) is 16.3. The molecule has 0 aliphatic rings. The first-order valence-electron chi connectivity index (χ1n) is 6.26. The van der Waals surface area contributed by atoms with Gasteiger partial charge < -0.3 is 25.2 Å². The van der Waals surface area contributed by atoms with Crippen molar-refractivity contribution in [3.05, 3.63) is 47.5 Å². The van der Waals surface area contributed by atoms with Gasteiger partial charge in [0.2, 0.25) is 0 Å². The first kappa shape index (κ1) is 15.2. The third-order valence-electron chi connectivity index (χ3n) is 2.99. The summed E-state index contributed by atoms with van der Waals surface area (Å²) in [6, 6.07) is 6.11. The number of phenols is 4. The van der Waals surface area contributed by atoms with Crippen LogP contribution in [-0.2, 0) is 0 Å². The van der Waals surface area contributed by atoms with Crippen LogP contribution in [0, 0.1) is 0 Å². The highest BCUT2D eigenvalue weighted by atomic mass is 16.5. The van der Waals surface area contributed by atoms with E-state index >= 15 is 0 Å². The first-order valence-corrected chi connectivity index (χ1v) is 6.26. The zero-order valence-electron chi connectivity index (χ0n) is 11.6. The standard InChI is InChI=1S/C16H14O6/c1-22-16-8-15(21)14(20)6-9(16)2-5-12(18)11-4-3-10(17)7-13(11)19/h2-8,17,19-21H,1H3. The van der Waals surface area contributed by atoms with E-state index in [1.54, 1.807) is 0 Å². The van der Waals surface area contributed by atoms with Crippen LogP contribution in [0.5, 0.6) is 28.7 Å². The molecule has 4 N–H and O–H groups in total. The average molecular weight is 302 g/mol. The van der Waals surface area contributed by atoms with E-state index in [4.69, 9.17) is 4.74 Å². The third-order valence-corrected chi connectivity index (χ3v) is 2.99. The Morgan fingerprint density at radius 3 is 2.32 bits per heavy atom. The number of aromatic hydroxyl groups is 4. The second kappa shape index (κ2) is 6.09. The Kier molecular flexibility index (Phi) is 4.22. The molecule has 0 fully saturated rings. The highest BCUT2D eigenvalue weighted by molar-refractivity contribution is 6.08. The predicted octanol–water partition coefficient (Wildman–Crippen LogP) is 2.41. The summed E-state index contributed by atoms with van der Waals surface area (Å²) in [6.07, 6.45) is 2.56. The van der Waals surface area contributed by atoms with Crippen molar-refractivity contribution in [2.24, 2.45) is 0 Å². The second-order valence-electron chi connectivity index (χ2n) is 4.48. The van der Waals surface area contributed by atoms with Crippen molar-refractivity contribution in [2.45, 2.75) is 0 Å². The van der Waals surface area contributed by atoms with E-state index in [-0.39, 0.29) is 34.3 Å². The fourth-order valence-electron chi connectivity index (χ4n) is 1.86. The van der Waals surface area contributed by atoms with Gasteiger partial charge in [0.15, 0.2) is 17.3 Å². The number of hydrogen-bond acceptors (Lipinski definition) is 6. The fraction of sp³-hybridized carbons (Fsp3) is 0.0625. The van der Waals surface area contributed by atoms with E-state index < -0.39 is 5.78 Å². The number of rotatable bonds is 4. The van der Waals surface area contributed by atoms with Crippen molar-refractivity contribution in [3.63, 3.8) is 0 Å². The van der Waals surface area contributed by atoms with Crippen molar-refractivity contribution in [2.75, 3.05) is 7.11 Å². The summed E-state index contributed by atoms with van der Waals surface area (Å²) in [6.45, 7) is 0. The van der Waals surface area contributed by atoms with Gasteiger partial charge in [-0.05, 0) is 30.4 Å². The number of ketones is 1. The molecule has 6 nitrogen and oxygen atoms in total. The monoisotopic (exact) mass is 302 g/mol. The van der Waals surface area contributed by atoms with Gasteiger partial charge in [-0.1, -0.05) is 0 Å². The van der Waals surface area contributed by atoms with Crippen molar-refractivity contribution in [1.29, 1.82) is 0 Å². The number of benzene rings is 2. The van der Waals surface area contributed by atoms with Crippen LogP contribution in [-0.4, -0.2) is 33.3 Å². The van der Waals surface area contributed by atoms with Gasteiger partial charge in [0, 0.05) is 17.7 Å². The molecule has 0 amide bonds. The van der Waals surface area contributed by atoms with Gasteiger partial charge in [0.1, 0.15) is 17.2 Å². The summed E-state index contributed by atoms with van der Waals surface area (Å²) in [7, 11) is 1.39. The molecule has 0 aliphatic carbocycles. The number of methoxy groups -OCH3 is 1. The maximum atomic E-state index is 12.0. The van der Waals surface area contributed by atoms with Crippen LogP contribution in [0.2, 0.25) is 0 Å². The molecule has 0 radical (unpaired) electrons. The molecule has 0 atom stereocenters. The lowest BCUT2D eigenvalue weighted by Gasteiger charge is -2.07. The van der Waals surface area contributed by atoms with Crippen molar-refractivity contribution < 1.29 is 30.0 Å². The quantitative estimate of drug-likeness (QED) is 0.392. The van der Waals surface area contributed by atoms with Gasteiger partial charge >= 0.3 is 0 Å². The molecule has 2 aromatic carbocycles.